The molecule has 5 heteroatoms. The van der Waals surface area contributed by atoms with Gasteiger partial charge in [-0.3, -0.25) is 4.79 Å². The van der Waals surface area contributed by atoms with Crippen LogP contribution < -0.4 is 10.1 Å². The molecule has 0 spiro atoms. The summed E-state index contributed by atoms with van der Waals surface area (Å²) in [4.78, 5) is 24.2. The van der Waals surface area contributed by atoms with Gasteiger partial charge in [-0.25, -0.2) is 4.79 Å². The molecule has 0 saturated carbocycles. The van der Waals surface area contributed by atoms with Gasteiger partial charge in [-0.1, -0.05) is 56.3 Å². The van der Waals surface area contributed by atoms with Crippen molar-refractivity contribution in [2.24, 2.45) is 0 Å². The first-order valence-corrected chi connectivity index (χ1v) is 9.85. The lowest BCUT2D eigenvalue weighted by Crippen LogP contribution is -2.20. The third kappa shape index (κ3) is 6.21. The zero-order valence-corrected chi connectivity index (χ0v) is 17.1. The highest BCUT2D eigenvalue weighted by Gasteiger charge is 2.11. The molecule has 154 valence electrons. The van der Waals surface area contributed by atoms with Crippen LogP contribution in [0, 0.1) is 0 Å². The number of amides is 1. The lowest BCUT2D eigenvalue weighted by atomic mass is 10.0. The molecule has 3 aromatic rings. The molecule has 5 nitrogen and oxygen atoms in total. The van der Waals surface area contributed by atoms with Crippen LogP contribution in [0.25, 0.3) is 0 Å². The van der Waals surface area contributed by atoms with E-state index in [0.717, 1.165) is 5.56 Å². The fourth-order valence-electron chi connectivity index (χ4n) is 2.79. The van der Waals surface area contributed by atoms with Gasteiger partial charge in [0.1, 0.15) is 12.4 Å². The number of ether oxygens (including phenoxy) is 2. The minimum atomic E-state index is -0.560. The Bertz CT molecular complexity index is 964. The van der Waals surface area contributed by atoms with Crippen LogP contribution >= 0.6 is 0 Å². The number of hydrogen-bond donors (Lipinski definition) is 1. The molecule has 3 rings (SSSR count). The van der Waals surface area contributed by atoms with Crippen molar-refractivity contribution < 1.29 is 19.1 Å². The molecule has 0 aliphatic heterocycles. The second-order valence-corrected chi connectivity index (χ2v) is 7.20. The van der Waals surface area contributed by atoms with E-state index in [4.69, 9.17) is 9.47 Å². The van der Waals surface area contributed by atoms with E-state index in [2.05, 4.69) is 19.2 Å². The van der Waals surface area contributed by atoms with Gasteiger partial charge in [0.05, 0.1) is 5.56 Å². The normalized spacial score (nSPS) is 10.5. The lowest BCUT2D eigenvalue weighted by molar-refractivity contribution is -0.119. The van der Waals surface area contributed by atoms with Crippen molar-refractivity contribution in [3.63, 3.8) is 0 Å². The average Bonchev–Trinajstić information content (AvgIpc) is 2.77. The predicted molar refractivity (Wildman–Crippen MR) is 117 cm³/mol. The molecular formula is C25H25NO4. The molecule has 1 amide bonds. The zero-order chi connectivity index (χ0) is 21.3. The van der Waals surface area contributed by atoms with Crippen LogP contribution in [0.1, 0.15) is 41.3 Å². The molecule has 0 radical (unpaired) electrons. The maximum absolute atomic E-state index is 12.2. The molecule has 0 aliphatic carbocycles. The SMILES string of the molecule is CC(C)c1ccc(NC(=O)COC(=O)c2ccc(OCc3ccccc3)cc2)cc1. The Morgan fingerprint density at radius 2 is 1.53 bits per heavy atom. The Morgan fingerprint density at radius 3 is 2.17 bits per heavy atom. The van der Waals surface area contributed by atoms with E-state index in [0.29, 0.717) is 29.5 Å². The van der Waals surface area contributed by atoms with Gasteiger partial charge in [-0.15, -0.1) is 0 Å². The fraction of sp³-hybridized carbons (Fsp3) is 0.200. The van der Waals surface area contributed by atoms with Crippen molar-refractivity contribution >= 4 is 17.6 Å². The third-order valence-electron chi connectivity index (χ3n) is 4.53. The van der Waals surface area contributed by atoms with Gasteiger partial charge in [0.2, 0.25) is 0 Å². The van der Waals surface area contributed by atoms with Crippen LogP contribution in [-0.4, -0.2) is 18.5 Å². The monoisotopic (exact) mass is 403 g/mol. The third-order valence-corrected chi connectivity index (χ3v) is 4.53. The number of nitrogens with one attached hydrogen (secondary N) is 1. The number of esters is 1. The molecule has 30 heavy (non-hydrogen) atoms. The number of benzene rings is 3. The Balaban J connectivity index is 1.45. The summed E-state index contributed by atoms with van der Waals surface area (Å²) in [6.45, 7) is 4.31. The fourth-order valence-corrected chi connectivity index (χ4v) is 2.79. The maximum Gasteiger partial charge on any atom is 0.338 e. The summed E-state index contributed by atoms with van der Waals surface area (Å²) < 4.78 is 10.8. The number of rotatable bonds is 8. The Morgan fingerprint density at radius 1 is 0.867 bits per heavy atom. The van der Waals surface area contributed by atoms with Gasteiger partial charge in [-0.05, 0) is 53.4 Å². The van der Waals surface area contributed by atoms with Crippen molar-refractivity contribution in [2.75, 3.05) is 11.9 Å². The number of hydrogen-bond acceptors (Lipinski definition) is 4. The highest BCUT2D eigenvalue weighted by Crippen LogP contribution is 2.17. The molecule has 0 atom stereocenters. The van der Waals surface area contributed by atoms with E-state index in [9.17, 15) is 9.59 Å². The van der Waals surface area contributed by atoms with E-state index >= 15 is 0 Å². The van der Waals surface area contributed by atoms with Crippen LogP contribution in [-0.2, 0) is 16.1 Å². The minimum absolute atomic E-state index is 0.350. The second kappa shape index (κ2) is 10.3. The molecule has 3 aromatic carbocycles. The molecule has 0 fully saturated rings. The standard InChI is InChI=1S/C25H25NO4/c1-18(2)20-8-12-22(13-9-20)26-24(27)17-30-25(28)21-10-14-23(15-11-21)29-16-19-6-4-3-5-7-19/h3-15,18H,16-17H2,1-2H3,(H,26,27). The van der Waals surface area contributed by atoms with Gasteiger partial charge in [-0.2, -0.15) is 0 Å². The molecule has 1 N–H and O–H groups in total. The topological polar surface area (TPSA) is 64.6 Å². The van der Waals surface area contributed by atoms with Gasteiger partial charge in [0, 0.05) is 5.69 Å². The molecule has 0 unspecified atom stereocenters. The van der Waals surface area contributed by atoms with Crippen LogP contribution in [0.4, 0.5) is 5.69 Å². The first kappa shape index (κ1) is 21.1. The predicted octanol–water partition coefficient (Wildman–Crippen LogP) is 5.18. The summed E-state index contributed by atoms with van der Waals surface area (Å²) in [5, 5.41) is 2.72. The molecule has 0 bridgehead atoms. The minimum Gasteiger partial charge on any atom is -0.489 e. The molecule has 0 saturated heterocycles. The number of carbonyl (C=O) groups is 2. The number of anilines is 1. The largest absolute Gasteiger partial charge is 0.489 e. The van der Waals surface area contributed by atoms with Gasteiger partial charge in [0.25, 0.3) is 5.91 Å². The van der Waals surface area contributed by atoms with Crippen LogP contribution in [0.2, 0.25) is 0 Å². The van der Waals surface area contributed by atoms with E-state index < -0.39 is 5.97 Å². The lowest BCUT2D eigenvalue weighted by Gasteiger charge is -2.09. The van der Waals surface area contributed by atoms with Crippen LogP contribution in [0.5, 0.6) is 5.75 Å². The molecule has 0 aliphatic rings. The van der Waals surface area contributed by atoms with Crippen LogP contribution in [0.3, 0.4) is 0 Å². The highest BCUT2D eigenvalue weighted by molar-refractivity contribution is 5.95. The quantitative estimate of drug-likeness (QED) is 0.526. The van der Waals surface area contributed by atoms with Crippen molar-refractivity contribution in [3.8, 4) is 5.75 Å². The molecular weight excluding hydrogens is 378 g/mol. The van der Waals surface area contributed by atoms with E-state index in [1.807, 2.05) is 54.6 Å². The van der Waals surface area contributed by atoms with Gasteiger partial charge in [0.15, 0.2) is 6.61 Å². The Labute approximate surface area is 176 Å². The van der Waals surface area contributed by atoms with E-state index in [-0.39, 0.29) is 12.5 Å². The van der Waals surface area contributed by atoms with E-state index in [1.165, 1.54) is 5.56 Å². The smallest absolute Gasteiger partial charge is 0.338 e. The van der Waals surface area contributed by atoms with Crippen LogP contribution in [0.15, 0.2) is 78.9 Å². The Hall–Kier alpha value is -3.60. The summed E-state index contributed by atoms with van der Waals surface area (Å²) >= 11 is 0. The highest BCUT2D eigenvalue weighted by atomic mass is 16.5. The average molecular weight is 403 g/mol. The summed E-state index contributed by atoms with van der Waals surface area (Å²) in [5.41, 5.74) is 3.28. The summed E-state index contributed by atoms with van der Waals surface area (Å²) in [7, 11) is 0. The van der Waals surface area contributed by atoms with Crippen molar-refractivity contribution in [3.05, 3.63) is 95.6 Å². The second-order valence-electron chi connectivity index (χ2n) is 7.20. The summed E-state index contributed by atoms with van der Waals surface area (Å²) in [6.07, 6.45) is 0. The maximum atomic E-state index is 12.2. The van der Waals surface area contributed by atoms with Gasteiger partial charge >= 0.3 is 5.97 Å². The van der Waals surface area contributed by atoms with Crippen molar-refractivity contribution in [1.82, 2.24) is 0 Å². The van der Waals surface area contributed by atoms with Crippen molar-refractivity contribution in [1.29, 1.82) is 0 Å². The van der Waals surface area contributed by atoms with E-state index in [1.54, 1.807) is 24.3 Å². The first-order chi connectivity index (χ1) is 14.5. The molecule has 0 aromatic heterocycles. The molecule has 0 heterocycles. The zero-order valence-electron chi connectivity index (χ0n) is 17.1. The number of carbonyl (C=O) groups excluding carboxylic acids is 2. The summed E-state index contributed by atoms with van der Waals surface area (Å²) in [5.74, 6) is 0.127. The Kier molecular flexibility index (Phi) is 7.22. The summed E-state index contributed by atoms with van der Waals surface area (Å²) in [6, 6.07) is 24.1. The van der Waals surface area contributed by atoms with Crippen molar-refractivity contribution in [2.45, 2.75) is 26.4 Å². The first-order valence-electron chi connectivity index (χ1n) is 9.85. The van der Waals surface area contributed by atoms with Gasteiger partial charge < -0.3 is 14.8 Å².